The fourth-order valence-corrected chi connectivity index (χ4v) is 4.79. The first-order valence-corrected chi connectivity index (χ1v) is 10.9. The van der Waals surface area contributed by atoms with Crippen molar-refractivity contribution in [1.82, 2.24) is 19.8 Å². The fourth-order valence-electron chi connectivity index (χ4n) is 4.79. The molecule has 0 spiro atoms. The summed E-state index contributed by atoms with van der Waals surface area (Å²) in [5.74, 6) is 0.208. The molecule has 1 aliphatic heterocycles. The van der Waals surface area contributed by atoms with Gasteiger partial charge in [0.25, 0.3) is 0 Å². The summed E-state index contributed by atoms with van der Waals surface area (Å²) in [6.45, 7) is 2.50. The molecule has 5 heteroatoms. The molecule has 0 unspecified atom stereocenters. The van der Waals surface area contributed by atoms with Crippen molar-refractivity contribution in [3.05, 3.63) is 84.4 Å². The SMILES string of the molecule is CN(C)C(=O)[C@@]1(Cc2ccccc2-c2cccnc2)CCCN(Cc2ccccn2)C1. The summed E-state index contributed by atoms with van der Waals surface area (Å²) in [6, 6.07) is 18.5. The molecule has 1 aliphatic rings. The van der Waals surface area contributed by atoms with Gasteiger partial charge in [-0.1, -0.05) is 36.4 Å². The van der Waals surface area contributed by atoms with E-state index in [9.17, 15) is 4.79 Å². The highest BCUT2D eigenvalue weighted by atomic mass is 16.2. The van der Waals surface area contributed by atoms with Gasteiger partial charge in [-0.05, 0) is 55.1 Å². The number of amides is 1. The number of likely N-dealkylation sites (tertiary alicyclic amines) is 1. The number of carbonyl (C=O) groups excluding carboxylic acids is 1. The summed E-state index contributed by atoms with van der Waals surface area (Å²) in [6.07, 6.45) is 8.13. The lowest BCUT2D eigenvalue weighted by Crippen LogP contribution is -2.52. The fraction of sp³-hybridized carbons (Fsp3) is 0.346. The van der Waals surface area contributed by atoms with E-state index in [1.165, 1.54) is 5.56 Å². The minimum Gasteiger partial charge on any atom is -0.348 e. The van der Waals surface area contributed by atoms with Crippen LogP contribution in [0.25, 0.3) is 11.1 Å². The van der Waals surface area contributed by atoms with Crippen LogP contribution >= 0.6 is 0 Å². The van der Waals surface area contributed by atoms with Crippen molar-refractivity contribution < 1.29 is 4.79 Å². The Bertz CT molecular complexity index is 1010. The number of carbonyl (C=O) groups is 1. The molecule has 0 N–H and O–H groups in total. The van der Waals surface area contributed by atoms with Crippen molar-refractivity contribution >= 4 is 5.91 Å². The van der Waals surface area contributed by atoms with Crippen LogP contribution in [-0.2, 0) is 17.8 Å². The van der Waals surface area contributed by atoms with Crippen LogP contribution in [0.1, 0.15) is 24.1 Å². The zero-order valence-electron chi connectivity index (χ0n) is 18.4. The van der Waals surface area contributed by atoms with E-state index in [1.54, 1.807) is 11.1 Å². The van der Waals surface area contributed by atoms with E-state index in [1.807, 2.05) is 44.7 Å². The first-order chi connectivity index (χ1) is 15.1. The molecule has 5 nitrogen and oxygen atoms in total. The molecule has 31 heavy (non-hydrogen) atoms. The number of nitrogens with zero attached hydrogens (tertiary/aromatic N) is 4. The monoisotopic (exact) mass is 414 g/mol. The van der Waals surface area contributed by atoms with Crippen molar-refractivity contribution in [3.63, 3.8) is 0 Å². The number of piperidine rings is 1. The van der Waals surface area contributed by atoms with Crippen LogP contribution < -0.4 is 0 Å². The Balaban J connectivity index is 1.66. The van der Waals surface area contributed by atoms with Gasteiger partial charge in [-0.15, -0.1) is 0 Å². The molecule has 0 radical (unpaired) electrons. The summed E-state index contributed by atoms with van der Waals surface area (Å²) in [7, 11) is 3.74. The molecule has 0 aliphatic carbocycles. The molecule has 4 rings (SSSR count). The van der Waals surface area contributed by atoms with E-state index in [2.05, 4.69) is 51.3 Å². The van der Waals surface area contributed by atoms with Crippen LogP contribution in [0.2, 0.25) is 0 Å². The van der Waals surface area contributed by atoms with Crippen molar-refractivity contribution in [3.8, 4) is 11.1 Å². The van der Waals surface area contributed by atoms with Crippen LogP contribution in [0.3, 0.4) is 0 Å². The number of hydrogen-bond acceptors (Lipinski definition) is 4. The Morgan fingerprint density at radius 2 is 1.90 bits per heavy atom. The second kappa shape index (κ2) is 9.40. The lowest BCUT2D eigenvalue weighted by molar-refractivity contribution is -0.143. The van der Waals surface area contributed by atoms with Gasteiger partial charge in [0.2, 0.25) is 5.91 Å². The molecule has 1 saturated heterocycles. The molecule has 0 bridgehead atoms. The van der Waals surface area contributed by atoms with Crippen molar-refractivity contribution in [2.75, 3.05) is 27.2 Å². The maximum Gasteiger partial charge on any atom is 0.229 e. The molecule has 2 aromatic heterocycles. The molecule has 1 atom stereocenters. The van der Waals surface area contributed by atoms with Crippen LogP contribution in [0, 0.1) is 5.41 Å². The zero-order valence-corrected chi connectivity index (χ0v) is 18.4. The maximum atomic E-state index is 13.5. The summed E-state index contributed by atoms with van der Waals surface area (Å²) in [4.78, 5) is 26.5. The van der Waals surface area contributed by atoms with Crippen LogP contribution in [0.5, 0.6) is 0 Å². The smallest absolute Gasteiger partial charge is 0.229 e. The average molecular weight is 415 g/mol. The Labute approximate surface area is 184 Å². The quantitative estimate of drug-likeness (QED) is 0.610. The predicted octanol–water partition coefficient (Wildman–Crippen LogP) is 4.06. The van der Waals surface area contributed by atoms with Gasteiger partial charge in [-0.3, -0.25) is 19.7 Å². The van der Waals surface area contributed by atoms with Crippen LogP contribution in [-0.4, -0.2) is 52.9 Å². The van der Waals surface area contributed by atoms with Crippen LogP contribution in [0.15, 0.2) is 73.2 Å². The third kappa shape index (κ3) is 4.83. The van der Waals surface area contributed by atoms with E-state index < -0.39 is 5.41 Å². The standard InChI is InChI=1S/C26H30N4O/c1-29(2)25(31)26(13-8-16-30(20-26)19-23-11-5-6-15-28-23)17-21-9-3-4-12-24(21)22-10-7-14-27-18-22/h3-7,9-12,14-15,18H,8,13,16-17,19-20H2,1-2H3/t26-/m1/s1. The second-order valence-corrected chi connectivity index (χ2v) is 8.69. The summed E-state index contributed by atoms with van der Waals surface area (Å²) in [5, 5.41) is 0. The molecule has 1 amide bonds. The minimum atomic E-state index is -0.450. The molecular weight excluding hydrogens is 384 g/mol. The molecule has 0 saturated carbocycles. The second-order valence-electron chi connectivity index (χ2n) is 8.69. The average Bonchev–Trinajstić information content (AvgIpc) is 2.80. The third-order valence-corrected chi connectivity index (χ3v) is 6.15. The Morgan fingerprint density at radius 1 is 1.06 bits per heavy atom. The number of benzene rings is 1. The largest absolute Gasteiger partial charge is 0.348 e. The zero-order chi connectivity index (χ0) is 21.7. The normalized spacial score (nSPS) is 19.2. The summed E-state index contributed by atoms with van der Waals surface area (Å²) >= 11 is 0. The number of hydrogen-bond donors (Lipinski definition) is 0. The first kappa shape index (κ1) is 21.2. The number of pyridine rings is 2. The van der Waals surface area contributed by atoms with Crippen molar-refractivity contribution in [1.29, 1.82) is 0 Å². The van der Waals surface area contributed by atoms with E-state index in [0.717, 1.165) is 49.3 Å². The maximum absolute atomic E-state index is 13.5. The van der Waals surface area contributed by atoms with Gasteiger partial charge in [0.05, 0.1) is 11.1 Å². The molecule has 3 heterocycles. The highest BCUT2D eigenvalue weighted by Crippen LogP contribution is 2.38. The van der Waals surface area contributed by atoms with Gasteiger partial charge >= 0.3 is 0 Å². The summed E-state index contributed by atoms with van der Waals surface area (Å²) in [5.41, 5.74) is 4.04. The highest BCUT2D eigenvalue weighted by molar-refractivity contribution is 5.83. The summed E-state index contributed by atoms with van der Waals surface area (Å²) < 4.78 is 0. The molecular formula is C26H30N4O. The lowest BCUT2D eigenvalue weighted by atomic mass is 9.73. The molecule has 3 aromatic rings. The van der Waals surface area contributed by atoms with Gasteiger partial charge in [0.15, 0.2) is 0 Å². The third-order valence-electron chi connectivity index (χ3n) is 6.15. The van der Waals surface area contributed by atoms with Gasteiger partial charge in [-0.2, -0.15) is 0 Å². The highest BCUT2D eigenvalue weighted by Gasteiger charge is 2.43. The van der Waals surface area contributed by atoms with Crippen LogP contribution in [0.4, 0.5) is 0 Å². The topological polar surface area (TPSA) is 49.3 Å². The van der Waals surface area contributed by atoms with Gasteiger partial charge in [0.1, 0.15) is 0 Å². The molecule has 1 aromatic carbocycles. The number of aromatic nitrogens is 2. The van der Waals surface area contributed by atoms with Gasteiger partial charge < -0.3 is 4.90 Å². The van der Waals surface area contributed by atoms with Gasteiger partial charge in [-0.25, -0.2) is 0 Å². The number of rotatable bonds is 6. The Kier molecular flexibility index (Phi) is 6.42. The first-order valence-electron chi connectivity index (χ1n) is 10.9. The van der Waals surface area contributed by atoms with E-state index in [-0.39, 0.29) is 5.91 Å². The van der Waals surface area contributed by atoms with E-state index in [4.69, 9.17) is 0 Å². The van der Waals surface area contributed by atoms with Crippen molar-refractivity contribution in [2.24, 2.45) is 5.41 Å². The predicted molar refractivity (Wildman–Crippen MR) is 123 cm³/mol. The van der Waals surface area contributed by atoms with E-state index >= 15 is 0 Å². The minimum absolute atomic E-state index is 0.208. The molecule has 1 fully saturated rings. The lowest BCUT2D eigenvalue weighted by Gasteiger charge is -2.43. The Morgan fingerprint density at radius 3 is 2.65 bits per heavy atom. The van der Waals surface area contributed by atoms with Gasteiger partial charge in [0, 0.05) is 51.3 Å². The Hall–Kier alpha value is -3.05. The van der Waals surface area contributed by atoms with E-state index in [0.29, 0.717) is 6.42 Å². The van der Waals surface area contributed by atoms with Crippen molar-refractivity contribution in [2.45, 2.75) is 25.8 Å². The molecule has 160 valence electrons.